The molecule has 0 unspecified atom stereocenters. The molecule has 0 saturated carbocycles. The normalized spacial score (nSPS) is 11.6. The smallest absolute Gasteiger partial charge is 0.176 e. The number of nitrogens with one attached hydrogen (secondary N) is 2. The second-order valence-electron chi connectivity index (χ2n) is 7.36. The summed E-state index contributed by atoms with van der Waals surface area (Å²) in [5.74, 6) is -0.0851. The van der Waals surface area contributed by atoms with E-state index in [-0.39, 0.29) is 10.8 Å². The highest BCUT2D eigenvalue weighted by Crippen LogP contribution is 2.36. The molecule has 2 N–H and O–H groups in total. The van der Waals surface area contributed by atoms with E-state index in [1.54, 1.807) is 24.7 Å². The van der Waals surface area contributed by atoms with E-state index in [9.17, 15) is 4.39 Å². The van der Waals surface area contributed by atoms with Crippen molar-refractivity contribution in [1.29, 1.82) is 0 Å². The molecule has 0 bridgehead atoms. The molecule has 5 aromatic heterocycles. The zero-order valence-electron chi connectivity index (χ0n) is 16.6. The van der Waals surface area contributed by atoms with Crippen LogP contribution in [-0.2, 0) is 0 Å². The van der Waals surface area contributed by atoms with Crippen molar-refractivity contribution in [3.8, 4) is 33.2 Å². The first kappa shape index (κ1) is 18.8. The van der Waals surface area contributed by atoms with Crippen molar-refractivity contribution in [3.05, 3.63) is 71.5 Å². The number of imidazole rings is 1. The number of thiophene rings is 1. The maximum absolute atomic E-state index is 15.7. The molecule has 6 aromatic rings. The van der Waals surface area contributed by atoms with Crippen molar-refractivity contribution in [2.24, 2.45) is 0 Å². The SMILES string of the molecule is Cc1ccncc1-c1ncc2[nH]nc(-c3nc4c(-c5ccc(F)s5)cccc4[nH]3)c2c1F. The lowest BCUT2D eigenvalue weighted by molar-refractivity contribution is 0.638. The standard InChI is InChI=1S/C23H14F2N6S/c1-11-7-8-26-9-13(11)21-19(25)18-15(10-27-21)30-31-22(18)23-28-14-4-2-3-12(20(14)29-23)16-5-6-17(24)32-16/h2-10H,1H3,(H,28,29)(H,30,31). The summed E-state index contributed by atoms with van der Waals surface area (Å²) in [6.07, 6.45) is 4.81. The van der Waals surface area contributed by atoms with Gasteiger partial charge in [0.2, 0.25) is 0 Å². The van der Waals surface area contributed by atoms with Gasteiger partial charge in [-0.2, -0.15) is 9.49 Å². The maximum atomic E-state index is 15.7. The Balaban J connectivity index is 1.56. The number of hydrogen-bond acceptors (Lipinski definition) is 5. The summed E-state index contributed by atoms with van der Waals surface area (Å²) in [5, 5.41) is 7.18. The molecule has 9 heteroatoms. The van der Waals surface area contributed by atoms with Gasteiger partial charge in [-0.3, -0.25) is 15.1 Å². The number of H-pyrrole nitrogens is 2. The molecule has 0 aliphatic carbocycles. The number of nitrogens with zero attached hydrogens (tertiary/aromatic N) is 4. The average molecular weight is 444 g/mol. The lowest BCUT2D eigenvalue weighted by Gasteiger charge is -2.06. The summed E-state index contributed by atoms with van der Waals surface area (Å²) in [6, 6.07) is 10.6. The van der Waals surface area contributed by atoms with Gasteiger partial charge in [0.05, 0.1) is 28.1 Å². The molecule has 156 valence electrons. The third kappa shape index (κ3) is 2.82. The van der Waals surface area contributed by atoms with Crippen LogP contribution in [0.15, 0.2) is 55.0 Å². The Bertz CT molecular complexity index is 1630. The fraction of sp³-hybridized carbons (Fsp3) is 0.0435. The van der Waals surface area contributed by atoms with Crippen molar-refractivity contribution in [3.63, 3.8) is 0 Å². The molecule has 0 amide bonds. The summed E-state index contributed by atoms with van der Waals surface area (Å²) in [6.45, 7) is 1.88. The third-order valence-electron chi connectivity index (χ3n) is 5.41. The van der Waals surface area contributed by atoms with Crippen molar-refractivity contribution < 1.29 is 8.78 Å². The molecule has 0 aliphatic heterocycles. The van der Waals surface area contributed by atoms with E-state index < -0.39 is 5.82 Å². The molecule has 0 saturated heterocycles. The molecule has 1 aromatic carbocycles. The summed E-state index contributed by atoms with van der Waals surface area (Å²) >= 11 is 1.05. The highest BCUT2D eigenvalue weighted by molar-refractivity contribution is 7.14. The number of hydrogen-bond donors (Lipinski definition) is 2. The number of benzene rings is 1. The molecular formula is C23H14F2N6S. The molecule has 0 radical (unpaired) electrons. The highest BCUT2D eigenvalue weighted by Gasteiger charge is 2.21. The van der Waals surface area contributed by atoms with Crippen LogP contribution in [0.25, 0.3) is 55.2 Å². The summed E-state index contributed by atoms with van der Waals surface area (Å²) in [5.41, 5.74) is 4.71. The minimum absolute atomic E-state index is 0.205. The van der Waals surface area contributed by atoms with E-state index >= 15 is 4.39 Å². The average Bonchev–Trinajstić information content (AvgIpc) is 3.52. The Morgan fingerprint density at radius 1 is 0.938 bits per heavy atom. The van der Waals surface area contributed by atoms with E-state index in [0.717, 1.165) is 32.9 Å². The highest BCUT2D eigenvalue weighted by atomic mass is 32.1. The Labute approximate surface area is 184 Å². The van der Waals surface area contributed by atoms with Crippen LogP contribution in [0.3, 0.4) is 0 Å². The summed E-state index contributed by atoms with van der Waals surface area (Å²) < 4.78 is 29.3. The predicted octanol–water partition coefficient (Wildman–Crippen LogP) is 5.88. The second kappa shape index (κ2) is 7.03. The van der Waals surface area contributed by atoms with Crippen LogP contribution < -0.4 is 0 Å². The van der Waals surface area contributed by atoms with Crippen LogP contribution >= 0.6 is 11.3 Å². The van der Waals surface area contributed by atoms with Gasteiger partial charge in [0.1, 0.15) is 11.4 Å². The molecule has 0 aliphatic rings. The quantitative estimate of drug-likeness (QED) is 0.357. The monoisotopic (exact) mass is 444 g/mol. The lowest BCUT2D eigenvalue weighted by Crippen LogP contribution is -1.94. The molecule has 32 heavy (non-hydrogen) atoms. The van der Waals surface area contributed by atoms with Crippen LogP contribution in [0.1, 0.15) is 5.56 Å². The van der Waals surface area contributed by atoms with E-state index in [2.05, 4.69) is 25.1 Å². The zero-order valence-corrected chi connectivity index (χ0v) is 17.5. The first-order valence-electron chi connectivity index (χ1n) is 9.78. The van der Waals surface area contributed by atoms with Gasteiger partial charge in [0.15, 0.2) is 16.8 Å². The van der Waals surface area contributed by atoms with Gasteiger partial charge in [-0.15, -0.1) is 11.3 Å². The van der Waals surface area contributed by atoms with Gasteiger partial charge in [-0.25, -0.2) is 9.37 Å². The minimum atomic E-state index is -0.497. The largest absolute Gasteiger partial charge is 0.337 e. The minimum Gasteiger partial charge on any atom is -0.337 e. The Morgan fingerprint density at radius 2 is 1.84 bits per heavy atom. The molecule has 6 rings (SSSR count). The van der Waals surface area contributed by atoms with E-state index in [1.165, 1.54) is 6.07 Å². The van der Waals surface area contributed by atoms with Gasteiger partial charge < -0.3 is 4.98 Å². The van der Waals surface area contributed by atoms with Gasteiger partial charge in [-0.1, -0.05) is 12.1 Å². The van der Waals surface area contributed by atoms with Crippen LogP contribution in [0, 0.1) is 17.9 Å². The second-order valence-corrected chi connectivity index (χ2v) is 8.40. The van der Waals surface area contributed by atoms with Crippen LogP contribution in [0.4, 0.5) is 8.78 Å². The Kier molecular flexibility index (Phi) is 4.12. The van der Waals surface area contributed by atoms with Crippen molar-refractivity contribution in [1.82, 2.24) is 30.1 Å². The van der Waals surface area contributed by atoms with Crippen LogP contribution in [-0.4, -0.2) is 30.1 Å². The van der Waals surface area contributed by atoms with E-state index in [0.29, 0.717) is 33.5 Å². The number of aromatic amines is 2. The summed E-state index contributed by atoms with van der Waals surface area (Å²) in [4.78, 5) is 17.1. The van der Waals surface area contributed by atoms with Crippen LogP contribution in [0.2, 0.25) is 0 Å². The molecule has 0 spiro atoms. The van der Waals surface area contributed by atoms with Crippen molar-refractivity contribution in [2.75, 3.05) is 0 Å². The number of aryl methyl sites for hydroxylation is 1. The van der Waals surface area contributed by atoms with Crippen LogP contribution in [0.5, 0.6) is 0 Å². The lowest BCUT2D eigenvalue weighted by atomic mass is 10.1. The molecular weight excluding hydrogens is 430 g/mol. The maximum Gasteiger partial charge on any atom is 0.176 e. The van der Waals surface area contributed by atoms with Gasteiger partial charge in [0.25, 0.3) is 0 Å². The first-order valence-corrected chi connectivity index (χ1v) is 10.6. The number of rotatable bonds is 3. The Hall–Kier alpha value is -3.98. The van der Waals surface area contributed by atoms with Crippen molar-refractivity contribution >= 4 is 33.3 Å². The number of fused-ring (bicyclic) bond motifs is 2. The molecule has 0 fully saturated rings. The fourth-order valence-corrected chi connectivity index (χ4v) is 4.61. The zero-order chi connectivity index (χ0) is 21.8. The van der Waals surface area contributed by atoms with Gasteiger partial charge in [0, 0.05) is 28.4 Å². The molecule has 5 heterocycles. The van der Waals surface area contributed by atoms with E-state index in [1.807, 2.05) is 31.2 Å². The summed E-state index contributed by atoms with van der Waals surface area (Å²) in [7, 11) is 0. The topological polar surface area (TPSA) is 83.1 Å². The van der Waals surface area contributed by atoms with E-state index in [4.69, 9.17) is 4.98 Å². The Morgan fingerprint density at radius 3 is 2.66 bits per heavy atom. The molecule has 6 nitrogen and oxygen atoms in total. The number of para-hydroxylation sites is 1. The van der Waals surface area contributed by atoms with Gasteiger partial charge in [-0.05, 0) is 36.8 Å². The number of pyridine rings is 2. The van der Waals surface area contributed by atoms with Gasteiger partial charge >= 0.3 is 0 Å². The van der Waals surface area contributed by atoms with Crippen molar-refractivity contribution in [2.45, 2.75) is 6.92 Å². The fourth-order valence-electron chi connectivity index (χ4n) is 3.85. The third-order valence-corrected chi connectivity index (χ3v) is 6.32. The number of halogens is 2. The first-order chi connectivity index (χ1) is 15.6. The predicted molar refractivity (Wildman–Crippen MR) is 120 cm³/mol. The molecule has 0 atom stereocenters. The number of aromatic nitrogens is 6.